The summed E-state index contributed by atoms with van der Waals surface area (Å²) in [5, 5.41) is 0. The second kappa shape index (κ2) is 4.74. The Morgan fingerprint density at radius 1 is 1.29 bits per heavy atom. The molecule has 0 atom stereocenters. The zero-order valence-corrected chi connectivity index (χ0v) is 8.19. The van der Waals surface area contributed by atoms with Crippen molar-refractivity contribution < 1.29 is 14.3 Å². The molecular weight excluding hydrogens is 182 g/mol. The number of nitrogens with two attached hydrogens (primary N) is 1. The van der Waals surface area contributed by atoms with Gasteiger partial charge < -0.3 is 15.2 Å². The van der Waals surface area contributed by atoms with Gasteiger partial charge in [-0.25, -0.2) is 0 Å². The predicted molar refractivity (Wildman–Crippen MR) is 51.7 cm³/mol. The molecule has 0 spiro atoms. The Morgan fingerprint density at radius 3 is 2.36 bits per heavy atom. The smallest absolute Gasteiger partial charge is 0.249 e. The van der Waals surface area contributed by atoms with Crippen molar-refractivity contribution in [3.05, 3.63) is 35.4 Å². The number of carbonyl (C=O) groups is 1. The highest BCUT2D eigenvalue weighted by molar-refractivity contribution is 5.94. The highest BCUT2D eigenvalue weighted by atomic mass is 16.7. The minimum Gasteiger partial charge on any atom is -0.366 e. The maximum absolute atomic E-state index is 11.1. The van der Waals surface area contributed by atoms with Crippen LogP contribution in [0.1, 0.15) is 22.2 Å². The van der Waals surface area contributed by atoms with Crippen molar-refractivity contribution in [1.82, 2.24) is 0 Å². The number of benzene rings is 1. The van der Waals surface area contributed by atoms with Crippen LogP contribution in [0.25, 0.3) is 0 Å². The lowest BCUT2D eigenvalue weighted by molar-refractivity contribution is -0.106. The first-order valence-electron chi connectivity index (χ1n) is 4.15. The minimum atomic E-state index is -0.557. The summed E-state index contributed by atoms with van der Waals surface area (Å²) in [7, 11) is 3.01. The van der Waals surface area contributed by atoms with Gasteiger partial charge in [-0.1, -0.05) is 18.2 Å². The Morgan fingerprint density at radius 2 is 1.86 bits per heavy atom. The van der Waals surface area contributed by atoms with Gasteiger partial charge in [0.15, 0.2) is 6.29 Å². The highest BCUT2D eigenvalue weighted by Gasteiger charge is 2.15. The number of ether oxygens (including phenoxy) is 2. The van der Waals surface area contributed by atoms with E-state index in [0.29, 0.717) is 11.1 Å². The average Bonchev–Trinajstić information content (AvgIpc) is 2.20. The van der Waals surface area contributed by atoms with Gasteiger partial charge in [-0.2, -0.15) is 0 Å². The quantitative estimate of drug-likeness (QED) is 0.731. The molecule has 0 unspecified atom stereocenters. The normalized spacial score (nSPS) is 10.5. The first-order chi connectivity index (χ1) is 6.70. The molecule has 4 heteroatoms. The molecule has 1 aromatic rings. The Bertz CT molecular complexity index is 321. The fourth-order valence-electron chi connectivity index (χ4n) is 1.28. The summed E-state index contributed by atoms with van der Waals surface area (Å²) in [6, 6.07) is 6.93. The third kappa shape index (κ3) is 2.10. The monoisotopic (exact) mass is 195 g/mol. The van der Waals surface area contributed by atoms with E-state index in [4.69, 9.17) is 15.2 Å². The van der Waals surface area contributed by atoms with E-state index in [1.807, 2.05) is 0 Å². The lowest BCUT2D eigenvalue weighted by Gasteiger charge is -2.15. The van der Waals surface area contributed by atoms with Crippen molar-refractivity contribution in [2.24, 2.45) is 5.73 Å². The van der Waals surface area contributed by atoms with Crippen LogP contribution < -0.4 is 5.73 Å². The number of hydrogen-bond donors (Lipinski definition) is 1. The Hall–Kier alpha value is -1.39. The van der Waals surface area contributed by atoms with Crippen molar-refractivity contribution in [3.8, 4) is 0 Å². The summed E-state index contributed by atoms with van der Waals surface area (Å²) in [5.41, 5.74) is 6.27. The van der Waals surface area contributed by atoms with Crippen molar-refractivity contribution in [3.63, 3.8) is 0 Å². The second-order valence-corrected chi connectivity index (χ2v) is 2.75. The molecule has 0 bridgehead atoms. The van der Waals surface area contributed by atoms with Gasteiger partial charge in [-0.05, 0) is 6.07 Å². The van der Waals surface area contributed by atoms with Gasteiger partial charge in [0.2, 0.25) is 5.91 Å². The van der Waals surface area contributed by atoms with E-state index in [-0.39, 0.29) is 0 Å². The van der Waals surface area contributed by atoms with E-state index < -0.39 is 12.2 Å². The van der Waals surface area contributed by atoms with Crippen molar-refractivity contribution in [2.75, 3.05) is 14.2 Å². The van der Waals surface area contributed by atoms with E-state index in [2.05, 4.69) is 0 Å². The largest absolute Gasteiger partial charge is 0.366 e. The third-order valence-electron chi connectivity index (χ3n) is 1.91. The topological polar surface area (TPSA) is 61.6 Å². The zero-order valence-electron chi connectivity index (χ0n) is 8.19. The SMILES string of the molecule is COC(OC)c1ccccc1C(N)=O. The van der Waals surface area contributed by atoms with Gasteiger partial charge in [0.25, 0.3) is 0 Å². The van der Waals surface area contributed by atoms with Crippen LogP contribution in [0.15, 0.2) is 24.3 Å². The average molecular weight is 195 g/mol. The molecule has 0 aliphatic carbocycles. The molecule has 1 aromatic carbocycles. The molecule has 0 aliphatic rings. The van der Waals surface area contributed by atoms with E-state index in [1.165, 1.54) is 14.2 Å². The maximum atomic E-state index is 11.1. The molecule has 2 N–H and O–H groups in total. The van der Waals surface area contributed by atoms with Crippen LogP contribution in [0.2, 0.25) is 0 Å². The standard InChI is InChI=1S/C10H13NO3/c1-13-10(14-2)8-6-4-3-5-7(8)9(11)12/h3-6,10H,1-2H3,(H2,11,12). The van der Waals surface area contributed by atoms with Gasteiger partial charge in [0, 0.05) is 25.3 Å². The first-order valence-corrected chi connectivity index (χ1v) is 4.15. The summed E-state index contributed by atoms with van der Waals surface area (Å²) in [6.07, 6.45) is -0.557. The molecule has 1 amide bonds. The van der Waals surface area contributed by atoms with Crippen LogP contribution in [-0.2, 0) is 9.47 Å². The van der Waals surface area contributed by atoms with Crippen LogP contribution >= 0.6 is 0 Å². The molecule has 0 saturated carbocycles. The molecule has 0 aliphatic heterocycles. The van der Waals surface area contributed by atoms with Crippen molar-refractivity contribution >= 4 is 5.91 Å². The number of amides is 1. The molecule has 0 fully saturated rings. The molecule has 0 heterocycles. The number of carbonyl (C=O) groups excluding carboxylic acids is 1. The first kappa shape index (κ1) is 10.7. The Balaban J connectivity index is 3.11. The predicted octanol–water partition coefficient (Wildman–Crippen LogP) is 1.08. The summed E-state index contributed by atoms with van der Waals surface area (Å²) in [6.45, 7) is 0. The summed E-state index contributed by atoms with van der Waals surface area (Å²) < 4.78 is 10.1. The van der Waals surface area contributed by atoms with Gasteiger partial charge in [0.05, 0.1) is 0 Å². The number of primary amides is 1. The minimum absolute atomic E-state index is 0.418. The molecule has 4 nitrogen and oxygen atoms in total. The summed E-state index contributed by atoms with van der Waals surface area (Å²) in [5.74, 6) is -0.486. The molecule has 0 aromatic heterocycles. The molecule has 14 heavy (non-hydrogen) atoms. The lowest BCUT2D eigenvalue weighted by atomic mass is 10.1. The van der Waals surface area contributed by atoms with Crippen LogP contribution in [0, 0.1) is 0 Å². The van der Waals surface area contributed by atoms with E-state index in [1.54, 1.807) is 24.3 Å². The molecular formula is C10H13NO3. The summed E-state index contributed by atoms with van der Waals surface area (Å²) in [4.78, 5) is 11.1. The van der Waals surface area contributed by atoms with Gasteiger partial charge in [-0.15, -0.1) is 0 Å². The Labute approximate surface area is 82.6 Å². The number of hydrogen-bond acceptors (Lipinski definition) is 3. The van der Waals surface area contributed by atoms with Crippen molar-refractivity contribution in [2.45, 2.75) is 6.29 Å². The van der Waals surface area contributed by atoms with E-state index in [0.717, 1.165) is 0 Å². The van der Waals surface area contributed by atoms with E-state index >= 15 is 0 Å². The Kier molecular flexibility index (Phi) is 3.62. The third-order valence-corrected chi connectivity index (χ3v) is 1.91. The van der Waals surface area contributed by atoms with Crippen LogP contribution in [-0.4, -0.2) is 20.1 Å². The lowest BCUT2D eigenvalue weighted by Crippen LogP contribution is -2.16. The molecule has 76 valence electrons. The fourth-order valence-corrected chi connectivity index (χ4v) is 1.28. The van der Waals surface area contributed by atoms with Gasteiger partial charge in [-0.3, -0.25) is 4.79 Å². The highest BCUT2D eigenvalue weighted by Crippen LogP contribution is 2.20. The second-order valence-electron chi connectivity index (χ2n) is 2.75. The molecule has 1 rings (SSSR count). The summed E-state index contributed by atoms with van der Waals surface area (Å²) >= 11 is 0. The van der Waals surface area contributed by atoms with Crippen LogP contribution in [0.5, 0.6) is 0 Å². The van der Waals surface area contributed by atoms with Crippen LogP contribution in [0.3, 0.4) is 0 Å². The van der Waals surface area contributed by atoms with Gasteiger partial charge in [0.1, 0.15) is 0 Å². The maximum Gasteiger partial charge on any atom is 0.249 e. The molecule has 0 radical (unpaired) electrons. The van der Waals surface area contributed by atoms with Crippen molar-refractivity contribution in [1.29, 1.82) is 0 Å². The number of rotatable bonds is 4. The van der Waals surface area contributed by atoms with Gasteiger partial charge >= 0.3 is 0 Å². The molecule has 0 saturated heterocycles. The van der Waals surface area contributed by atoms with Crippen LogP contribution in [0.4, 0.5) is 0 Å². The zero-order chi connectivity index (χ0) is 10.6. The number of methoxy groups -OCH3 is 2. The van der Waals surface area contributed by atoms with E-state index in [9.17, 15) is 4.79 Å². The fraction of sp³-hybridized carbons (Fsp3) is 0.300.